The molecule has 94 valence electrons. The van der Waals surface area contributed by atoms with Crippen LogP contribution in [0.3, 0.4) is 0 Å². The number of rotatable bonds is 4. The van der Waals surface area contributed by atoms with Crippen LogP contribution in [-0.4, -0.2) is 10.9 Å². The van der Waals surface area contributed by atoms with Crippen molar-refractivity contribution in [2.75, 3.05) is 5.73 Å². The average Bonchev–Trinajstić information content (AvgIpc) is 2.74. The SMILES string of the molecule is Nc1nc(CC(=O)NCc2ccccc2Br)cs1. The van der Waals surface area contributed by atoms with E-state index in [1.807, 2.05) is 24.3 Å². The summed E-state index contributed by atoms with van der Waals surface area (Å²) in [5, 5.41) is 5.14. The number of nitrogens with two attached hydrogens (primary N) is 1. The van der Waals surface area contributed by atoms with Crippen molar-refractivity contribution in [3.8, 4) is 0 Å². The largest absolute Gasteiger partial charge is 0.375 e. The van der Waals surface area contributed by atoms with Crippen molar-refractivity contribution in [3.63, 3.8) is 0 Å². The van der Waals surface area contributed by atoms with Gasteiger partial charge in [0.25, 0.3) is 0 Å². The second-order valence-corrected chi connectivity index (χ2v) is 5.47. The standard InChI is InChI=1S/C12H12BrN3OS/c13-10-4-2-1-3-8(10)6-15-11(17)5-9-7-18-12(14)16-9/h1-4,7H,5-6H2,(H2,14,16)(H,15,17). The van der Waals surface area contributed by atoms with Gasteiger partial charge in [0.1, 0.15) is 0 Å². The quantitative estimate of drug-likeness (QED) is 0.906. The maximum Gasteiger partial charge on any atom is 0.226 e. The number of halogens is 1. The number of carbonyl (C=O) groups is 1. The zero-order chi connectivity index (χ0) is 13.0. The summed E-state index contributed by atoms with van der Waals surface area (Å²) in [7, 11) is 0. The molecule has 0 spiro atoms. The Labute approximate surface area is 117 Å². The van der Waals surface area contributed by atoms with Crippen LogP contribution in [0.15, 0.2) is 34.1 Å². The molecule has 0 aliphatic rings. The first-order valence-corrected chi connectivity index (χ1v) is 7.02. The van der Waals surface area contributed by atoms with Gasteiger partial charge in [-0.1, -0.05) is 34.1 Å². The summed E-state index contributed by atoms with van der Waals surface area (Å²) in [4.78, 5) is 15.8. The van der Waals surface area contributed by atoms with Crippen LogP contribution in [0, 0.1) is 0 Å². The van der Waals surface area contributed by atoms with Crippen molar-refractivity contribution in [3.05, 3.63) is 45.4 Å². The van der Waals surface area contributed by atoms with Crippen LogP contribution in [0.5, 0.6) is 0 Å². The number of nitrogens with one attached hydrogen (secondary N) is 1. The minimum absolute atomic E-state index is 0.0592. The highest BCUT2D eigenvalue weighted by Crippen LogP contribution is 2.15. The van der Waals surface area contributed by atoms with Gasteiger partial charge in [0, 0.05) is 16.4 Å². The fourth-order valence-corrected chi connectivity index (χ4v) is 2.45. The third-order valence-corrected chi connectivity index (χ3v) is 3.84. The molecule has 1 aromatic carbocycles. The molecule has 18 heavy (non-hydrogen) atoms. The molecule has 0 aliphatic heterocycles. The third-order valence-electron chi connectivity index (χ3n) is 2.35. The van der Waals surface area contributed by atoms with E-state index >= 15 is 0 Å². The molecule has 0 unspecified atom stereocenters. The van der Waals surface area contributed by atoms with E-state index in [1.165, 1.54) is 11.3 Å². The van der Waals surface area contributed by atoms with Crippen molar-refractivity contribution < 1.29 is 4.79 Å². The Morgan fingerprint density at radius 2 is 2.22 bits per heavy atom. The predicted molar refractivity (Wildman–Crippen MR) is 76.2 cm³/mol. The topological polar surface area (TPSA) is 68.0 Å². The van der Waals surface area contributed by atoms with Crippen LogP contribution < -0.4 is 11.1 Å². The number of nitrogens with zero attached hydrogens (tertiary/aromatic N) is 1. The number of amides is 1. The molecule has 6 heteroatoms. The van der Waals surface area contributed by atoms with E-state index in [-0.39, 0.29) is 12.3 Å². The lowest BCUT2D eigenvalue weighted by molar-refractivity contribution is -0.120. The molecule has 0 atom stereocenters. The van der Waals surface area contributed by atoms with Crippen molar-refractivity contribution in [1.29, 1.82) is 0 Å². The summed E-state index contributed by atoms with van der Waals surface area (Å²) in [6.45, 7) is 0.500. The van der Waals surface area contributed by atoms with E-state index in [0.717, 1.165) is 10.0 Å². The highest BCUT2D eigenvalue weighted by Gasteiger charge is 2.07. The van der Waals surface area contributed by atoms with E-state index in [2.05, 4.69) is 26.2 Å². The second kappa shape index (κ2) is 5.97. The minimum atomic E-state index is -0.0592. The van der Waals surface area contributed by atoms with Crippen molar-refractivity contribution in [1.82, 2.24) is 10.3 Å². The third kappa shape index (κ3) is 3.54. The van der Waals surface area contributed by atoms with Gasteiger partial charge in [-0.3, -0.25) is 4.79 Å². The summed E-state index contributed by atoms with van der Waals surface area (Å²) in [5.41, 5.74) is 7.26. The minimum Gasteiger partial charge on any atom is -0.375 e. The lowest BCUT2D eigenvalue weighted by atomic mass is 10.2. The number of aromatic nitrogens is 1. The first-order valence-electron chi connectivity index (χ1n) is 5.35. The number of nitrogen functional groups attached to an aromatic ring is 1. The van der Waals surface area contributed by atoms with Gasteiger partial charge in [-0.05, 0) is 11.6 Å². The smallest absolute Gasteiger partial charge is 0.226 e. The highest BCUT2D eigenvalue weighted by atomic mass is 79.9. The van der Waals surface area contributed by atoms with Crippen molar-refractivity contribution >= 4 is 38.3 Å². The predicted octanol–water partition coefficient (Wildman–Crippen LogP) is 2.35. The normalized spacial score (nSPS) is 10.3. The molecule has 2 rings (SSSR count). The van der Waals surface area contributed by atoms with Crippen LogP contribution in [0.1, 0.15) is 11.3 Å². The van der Waals surface area contributed by atoms with Gasteiger partial charge in [-0.25, -0.2) is 4.98 Å². The van der Waals surface area contributed by atoms with Crippen LogP contribution in [0.2, 0.25) is 0 Å². The van der Waals surface area contributed by atoms with Crippen LogP contribution >= 0.6 is 27.3 Å². The zero-order valence-corrected chi connectivity index (χ0v) is 11.9. The monoisotopic (exact) mass is 325 g/mol. The average molecular weight is 326 g/mol. The Hall–Kier alpha value is -1.40. The molecule has 0 fully saturated rings. The van der Waals surface area contributed by atoms with Crippen LogP contribution in [0.25, 0.3) is 0 Å². The fraction of sp³-hybridized carbons (Fsp3) is 0.167. The van der Waals surface area contributed by atoms with E-state index < -0.39 is 0 Å². The number of thiazole rings is 1. The molecule has 3 N–H and O–H groups in total. The number of carbonyl (C=O) groups excluding carboxylic acids is 1. The summed E-state index contributed by atoms with van der Waals surface area (Å²) < 4.78 is 0.989. The first kappa shape index (κ1) is 13.0. The van der Waals surface area contributed by atoms with Gasteiger partial charge < -0.3 is 11.1 Å². The van der Waals surface area contributed by atoms with Gasteiger partial charge in [0.15, 0.2) is 5.13 Å². The molecule has 0 aliphatic carbocycles. The van der Waals surface area contributed by atoms with Crippen LogP contribution in [0.4, 0.5) is 5.13 Å². The molecule has 0 saturated heterocycles. The number of hydrogen-bond acceptors (Lipinski definition) is 4. The van der Waals surface area contributed by atoms with Gasteiger partial charge in [0.05, 0.1) is 12.1 Å². The summed E-state index contributed by atoms with van der Waals surface area (Å²) >= 11 is 4.78. The van der Waals surface area contributed by atoms with Gasteiger partial charge in [0.2, 0.25) is 5.91 Å². The van der Waals surface area contributed by atoms with Gasteiger partial charge in [-0.2, -0.15) is 0 Å². The van der Waals surface area contributed by atoms with E-state index in [4.69, 9.17) is 5.73 Å². The summed E-state index contributed by atoms with van der Waals surface area (Å²) in [6.07, 6.45) is 0.262. The molecular weight excluding hydrogens is 314 g/mol. The van der Waals surface area contributed by atoms with Gasteiger partial charge >= 0.3 is 0 Å². The lowest BCUT2D eigenvalue weighted by Crippen LogP contribution is -2.24. The maximum atomic E-state index is 11.7. The lowest BCUT2D eigenvalue weighted by Gasteiger charge is -2.06. The molecule has 0 radical (unpaired) electrons. The Morgan fingerprint density at radius 3 is 2.89 bits per heavy atom. The Kier molecular flexibility index (Phi) is 4.33. The van der Waals surface area contributed by atoms with Crippen molar-refractivity contribution in [2.45, 2.75) is 13.0 Å². The number of anilines is 1. The Morgan fingerprint density at radius 1 is 1.44 bits per heavy atom. The summed E-state index contributed by atoms with van der Waals surface area (Å²) in [5.74, 6) is -0.0592. The highest BCUT2D eigenvalue weighted by molar-refractivity contribution is 9.10. The first-order chi connectivity index (χ1) is 8.65. The fourth-order valence-electron chi connectivity index (χ4n) is 1.47. The van der Waals surface area contributed by atoms with Crippen LogP contribution in [-0.2, 0) is 17.8 Å². The second-order valence-electron chi connectivity index (χ2n) is 3.72. The number of benzene rings is 1. The Bertz CT molecular complexity index is 556. The van der Waals surface area contributed by atoms with E-state index in [9.17, 15) is 4.79 Å². The van der Waals surface area contributed by atoms with E-state index in [1.54, 1.807) is 5.38 Å². The molecule has 1 amide bonds. The molecule has 2 aromatic rings. The van der Waals surface area contributed by atoms with Gasteiger partial charge in [-0.15, -0.1) is 11.3 Å². The zero-order valence-electron chi connectivity index (χ0n) is 9.52. The molecule has 1 aromatic heterocycles. The summed E-state index contributed by atoms with van der Waals surface area (Å²) in [6, 6.07) is 7.79. The molecule has 4 nitrogen and oxygen atoms in total. The van der Waals surface area contributed by atoms with Crippen molar-refractivity contribution in [2.24, 2.45) is 0 Å². The number of hydrogen-bond donors (Lipinski definition) is 2. The van der Waals surface area contributed by atoms with E-state index in [0.29, 0.717) is 17.4 Å². The molecule has 0 bridgehead atoms. The maximum absolute atomic E-state index is 11.7. The molecule has 1 heterocycles. The Balaban J connectivity index is 1.87. The molecule has 0 saturated carbocycles. The molecular formula is C12H12BrN3OS.